The van der Waals surface area contributed by atoms with Gasteiger partial charge in [-0.1, -0.05) is 18.6 Å². The van der Waals surface area contributed by atoms with Crippen LogP contribution < -0.4 is 21.6 Å². The van der Waals surface area contributed by atoms with Crippen LogP contribution in [0.2, 0.25) is 0 Å². The summed E-state index contributed by atoms with van der Waals surface area (Å²) in [5, 5.41) is 12.9. The highest BCUT2D eigenvalue weighted by atomic mass is 19.1. The topological polar surface area (TPSA) is 149 Å². The van der Waals surface area contributed by atoms with E-state index in [1.807, 2.05) is 42.7 Å². The number of piperidine rings is 1. The van der Waals surface area contributed by atoms with Gasteiger partial charge in [0, 0.05) is 51.4 Å². The number of unbranched alkanes of at least 4 members (excludes halogenated alkanes) is 2. The number of alkyl halides is 1. The minimum absolute atomic E-state index is 0.206. The molecular weight excluding hydrogens is 605 g/mol. The lowest BCUT2D eigenvalue weighted by Gasteiger charge is -2.21. The number of carbonyl (C=O) groups excluding carboxylic acids is 3. The highest BCUT2D eigenvalue weighted by Gasteiger charge is 2.39. The maximum absolute atomic E-state index is 13.4. The number of imidazole rings is 2. The molecule has 1 aromatic carbocycles. The second-order valence-corrected chi connectivity index (χ2v) is 12.3. The van der Waals surface area contributed by atoms with Crippen molar-refractivity contribution in [3.8, 4) is 11.3 Å². The summed E-state index contributed by atoms with van der Waals surface area (Å²) in [6, 6.07) is 8.51. The van der Waals surface area contributed by atoms with Crippen molar-refractivity contribution in [3.63, 3.8) is 0 Å². The number of nitrogens with one attached hydrogen (secondary N) is 3. The van der Waals surface area contributed by atoms with E-state index in [1.54, 1.807) is 18.7 Å². The minimum Gasteiger partial charge on any atom is -0.385 e. The number of para-hydroxylation sites is 1. The van der Waals surface area contributed by atoms with E-state index in [9.17, 15) is 23.6 Å². The fraction of sp³-hybridized carbons (Fsp3) is 0.394. The van der Waals surface area contributed by atoms with Crippen LogP contribution in [0.25, 0.3) is 27.9 Å². The van der Waals surface area contributed by atoms with Gasteiger partial charge in [-0.2, -0.15) is 5.10 Å². The monoisotopic (exact) mass is 641 g/mol. The first kappa shape index (κ1) is 30.4. The summed E-state index contributed by atoms with van der Waals surface area (Å²) in [5.74, 6) is -1.15. The highest BCUT2D eigenvalue weighted by molar-refractivity contribution is 6.00. The van der Waals surface area contributed by atoms with Crippen LogP contribution in [-0.2, 0) is 29.6 Å². The molecule has 1 unspecified atom stereocenters. The van der Waals surface area contributed by atoms with Crippen LogP contribution in [0.5, 0.6) is 0 Å². The lowest BCUT2D eigenvalue weighted by Crippen LogP contribution is -2.44. The zero-order valence-electron chi connectivity index (χ0n) is 26.2. The maximum atomic E-state index is 13.4. The summed E-state index contributed by atoms with van der Waals surface area (Å²) < 4.78 is 20.1. The Morgan fingerprint density at radius 1 is 1.15 bits per heavy atom. The number of anilines is 1. The number of benzene rings is 1. The predicted octanol–water partition coefficient (Wildman–Crippen LogP) is 3.12. The molecule has 47 heavy (non-hydrogen) atoms. The Labute approximate surface area is 268 Å². The van der Waals surface area contributed by atoms with Crippen LogP contribution >= 0.6 is 0 Å². The number of fused-ring (bicyclic) bond motifs is 2. The number of imide groups is 1. The molecule has 0 spiro atoms. The van der Waals surface area contributed by atoms with Crippen molar-refractivity contribution in [2.24, 2.45) is 7.05 Å². The summed E-state index contributed by atoms with van der Waals surface area (Å²) in [6.07, 6.45) is 8.93. The van der Waals surface area contributed by atoms with Gasteiger partial charge in [0.05, 0.1) is 34.7 Å². The molecule has 5 heterocycles. The first-order valence-electron chi connectivity index (χ1n) is 15.9. The minimum atomic E-state index is -1.00. The van der Waals surface area contributed by atoms with Crippen LogP contribution in [0, 0.1) is 0 Å². The molecular formula is C33H36FN9O4. The van der Waals surface area contributed by atoms with Crippen molar-refractivity contribution in [1.82, 2.24) is 38.9 Å². The van der Waals surface area contributed by atoms with Crippen LogP contribution in [0.4, 0.5) is 10.1 Å². The molecule has 0 radical (unpaired) electrons. The van der Waals surface area contributed by atoms with Gasteiger partial charge in [0.1, 0.15) is 12.2 Å². The number of hydrogen-bond acceptors (Lipinski definition) is 7. The SMILES string of the molecule is CNc1cc(-c2ccn(CCCCCc3cccc4c3n(C)c(=O)n4C3CCC(=O)NC3=O)c2)nn2c(C(=O)N[C@@H]3C[C@@H]3F)cnc12. The van der Waals surface area contributed by atoms with Crippen molar-refractivity contribution in [2.75, 3.05) is 12.4 Å². The maximum Gasteiger partial charge on any atom is 0.329 e. The van der Waals surface area contributed by atoms with Crippen molar-refractivity contribution in [3.05, 3.63) is 70.7 Å². The molecule has 2 fully saturated rings. The molecule has 1 saturated heterocycles. The molecule has 4 aromatic heterocycles. The van der Waals surface area contributed by atoms with Crippen LogP contribution in [-0.4, -0.2) is 65.3 Å². The van der Waals surface area contributed by atoms with E-state index in [0.29, 0.717) is 29.7 Å². The molecule has 3 atom stereocenters. The van der Waals surface area contributed by atoms with E-state index in [-0.39, 0.29) is 23.7 Å². The van der Waals surface area contributed by atoms with E-state index in [0.717, 1.165) is 54.6 Å². The number of aryl methyl sites for hydroxylation is 3. The zero-order valence-corrected chi connectivity index (χ0v) is 26.2. The number of rotatable bonds is 11. The Morgan fingerprint density at radius 2 is 1.98 bits per heavy atom. The smallest absolute Gasteiger partial charge is 0.329 e. The molecule has 5 aromatic rings. The first-order valence-corrected chi connectivity index (χ1v) is 15.9. The molecule has 1 aliphatic heterocycles. The van der Waals surface area contributed by atoms with Gasteiger partial charge in [-0.05, 0) is 49.4 Å². The fourth-order valence-corrected chi connectivity index (χ4v) is 6.47. The quantitative estimate of drug-likeness (QED) is 0.148. The molecule has 2 aliphatic rings. The van der Waals surface area contributed by atoms with Gasteiger partial charge < -0.3 is 15.2 Å². The van der Waals surface area contributed by atoms with Crippen LogP contribution in [0.15, 0.2) is 53.7 Å². The summed E-state index contributed by atoms with van der Waals surface area (Å²) in [7, 11) is 3.51. The standard InChI is InChI=1S/C33H36FN9O4/c1-35-24-16-22(39-43-27(17-36-30(24)43)32(46)37-23-15-21(23)34)20-12-14-41(18-20)13-5-3-4-7-19-8-6-9-25-29(19)40(2)33(47)42(25)26-10-11-28(44)38-31(26)45/h6,8-9,12,14,16-18,21,23,26,35H,3-5,7,10-11,13,15H2,1-2H3,(H,37,46)(H,38,44,45)/t21-,23+,26?/m0/s1. The third-order valence-electron chi connectivity index (χ3n) is 9.12. The molecule has 1 aliphatic carbocycles. The van der Waals surface area contributed by atoms with Crippen molar-refractivity contribution >= 4 is 40.1 Å². The number of halogens is 1. The van der Waals surface area contributed by atoms with Crippen molar-refractivity contribution in [1.29, 1.82) is 0 Å². The third kappa shape index (κ3) is 5.68. The average Bonchev–Trinajstić information content (AvgIpc) is 3.39. The van der Waals surface area contributed by atoms with Gasteiger partial charge in [0.2, 0.25) is 11.8 Å². The van der Waals surface area contributed by atoms with Gasteiger partial charge in [-0.15, -0.1) is 0 Å². The van der Waals surface area contributed by atoms with E-state index >= 15 is 0 Å². The molecule has 1 saturated carbocycles. The molecule has 13 nitrogen and oxygen atoms in total. The van der Waals surface area contributed by atoms with Crippen LogP contribution in [0.3, 0.4) is 0 Å². The van der Waals surface area contributed by atoms with Crippen molar-refractivity contribution in [2.45, 2.75) is 69.7 Å². The zero-order chi connectivity index (χ0) is 32.8. The number of nitrogens with zero attached hydrogens (tertiary/aromatic N) is 6. The number of carbonyl (C=O) groups is 3. The molecule has 0 bridgehead atoms. The van der Waals surface area contributed by atoms with E-state index in [2.05, 4.69) is 25.5 Å². The molecule has 14 heteroatoms. The summed E-state index contributed by atoms with van der Waals surface area (Å²) in [5.41, 5.74) is 5.35. The lowest BCUT2D eigenvalue weighted by molar-refractivity contribution is -0.135. The van der Waals surface area contributed by atoms with Gasteiger partial charge >= 0.3 is 5.69 Å². The second-order valence-electron chi connectivity index (χ2n) is 12.3. The molecule has 3 amide bonds. The second kappa shape index (κ2) is 12.2. The van der Waals surface area contributed by atoms with Gasteiger partial charge in [0.15, 0.2) is 11.3 Å². The van der Waals surface area contributed by atoms with Gasteiger partial charge in [0.25, 0.3) is 5.91 Å². The highest BCUT2D eigenvalue weighted by Crippen LogP contribution is 2.28. The lowest BCUT2D eigenvalue weighted by atomic mass is 10.0. The Bertz CT molecular complexity index is 2090. The predicted molar refractivity (Wildman–Crippen MR) is 173 cm³/mol. The van der Waals surface area contributed by atoms with Gasteiger partial charge in [-0.25, -0.2) is 18.7 Å². The third-order valence-corrected chi connectivity index (χ3v) is 9.12. The van der Waals surface area contributed by atoms with E-state index < -0.39 is 30.1 Å². The largest absolute Gasteiger partial charge is 0.385 e. The summed E-state index contributed by atoms with van der Waals surface area (Å²) in [4.78, 5) is 54.5. The number of aromatic nitrogens is 6. The molecule has 7 rings (SSSR count). The normalized spacial score (nSPS) is 19.3. The van der Waals surface area contributed by atoms with Crippen LogP contribution in [0.1, 0.15) is 60.6 Å². The fourth-order valence-electron chi connectivity index (χ4n) is 6.47. The average molecular weight is 642 g/mol. The van der Waals surface area contributed by atoms with E-state index in [1.165, 1.54) is 15.3 Å². The van der Waals surface area contributed by atoms with Gasteiger partial charge in [-0.3, -0.25) is 28.8 Å². The van der Waals surface area contributed by atoms with Crippen molar-refractivity contribution < 1.29 is 18.8 Å². The summed E-state index contributed by atoms with van der Waals surface area (Å²) in [6.45, 7) is 0.806. The Kier molecular flexibility index (Phi) is 7.86. The Hall–Kier alpha value is -5.27. The Balaban J connectivity index is 1.00. The molecule has 3 N–H and O–H groups in total. The Morgan fingerprint density at radius 3 is 2.74 bits per heavy atom. The first-order chi connectivity index (χ1) is 22.7. The number of hydrogen-bond donors (Lipinski definition) is 3. The molecule has 244 valence electrons. The summed E-state index contributed by atoms with van der Waals surface area (Å²) >= 11 is 0. The van der Waals surface area contributed by atoms with E-state index in [4.69, 9.17) is 5.10 Å². The number of amides is 3.